The van der Waals surface area contributed by atoms with Gasteiger partial charge in [0.25, 0.3) is 0 Å². The first-order valence-corrected chi connectivity index (χ1v) is 5.44. The summed E-state index contributed by atoms with van der Waals surface area (Å²) in [5.74, 6) is -0.178. The minimum absolute atomic E-state index is 0. The molecule has 2 N–H and O–H groups in total. The van der Waals surface area contributed by atoms with Crippen LogP contribution in [0.15, 0.2) is 29.8 Å². The SMILES string of the molecule is Cl.NC1CCC(=Cc2ccc(F)cc2)CC1. The molecule has 0 saturated heterocycles. The Morgan fingerprint density at radius 1 is 1.12 bits per heavy atom. The zero-order valence-corrected chi connectivity index (χ0v) is 9.97. The summed E-state index contributed by atoms with van der Waals surface area (Å²) in [7, 11) is 0. The van der Waals surface area contributed by atoms with Gasteiger partial charge in [-0.3, -0.25) is 0 Å². The maximum Gasteiger partial charge on any atom is 0.123 e. The van der Waals surface area contributed by atoms with Crippen molar-refractivity contribution in [3.8, 4) is 0 Å². The Morgan fingerprint density at radius 3 is 2.25 bits per heavy atom. The third kappa shape index (κ3) is 3.62. The molecule has 1 fully saturated rings. The van der Waals surface area contributed by atoms with Crippen LogP contribution >= 0.6 is 12.4 Å². The lowest BCUT2D eigenvalue weighted by Crippen LogP contribution is -2.23. The molecule has 16 heavy (non-hydrogen) atoms. The lowest BCUT2D eigenvalue weighted by molar-refractivity contribution is 0.514. The molecule has 88 valence electrons. The fourth-order valence-corrected chi connectivity index (χ4v) is 1.95. The van der Waals surface area contributed by atoms with Crippen LogP contribution in [-0.4, -0.2) is 6.04 Å². The third-order valence-electron chi connectivity index (χ3n) is 2.91. The molecule has 1 aliphatic rings. The molecular weight excluding hydrogens is 225 g/mol. The first kappa shape index (κ1) is 13.2. The molecule has 0 aliphatic heterocycles. The molecule has 1 saturated carbocycles. The van der Waals surface area contributed by atoms with E-state index in [1.807, 2.05) is 12.1 Å². The summed E-state index contributed by atoms with van der Waals surface area (Å²) in [5.41, 5.74) is 8.35. The molecule has 0 atom stereocenters. The second kappa shape index (κ2) is 6.02. The predicted octanol–water partition coefficient (Wildman–Crippen LogP) is 3.53. The van der Waals surface area contributed by atoms with Crippen LogP contribution in [0.5, 0.6) is 0 Å². The van der Waals surface area contributed by atoms with E-state index in [1.54, 1.807) is 0 Å². The Bertz CT molecular complexity index is 349. The number of hydrogen-bond donors (Lipinski definition) is 1. The highest BCUT2D eigenvalue weighted by atomic mass is 35.5. The number of nitrogens with two attached hydrogens (primary N) is 1. The van der Waals surface area contributed by atoms with Gasteiger partial charge in [-0.05, 0) is 43.4 Å². The molecule has 1 aliphatic carbocycles. The van der Waals surface area contributed by atoms with Crippen molar-refractivity contribution in [3.05, 3.63) is 41.2 Å². The summed E-state index contributed by atoms with van der Waals surface area (Å²) in [6.07, 6.45) is 6.47. The Hall–Kier alpha value is -0.860. The standard InChI is InChI=1S/C13H16FN.ClH/c14-12-5-1-10(2-6-12)9-11-3-7-13(15)8-4-11;/h1-2,5-6,9,13H,3-4,7-8,15H2;1H. The molecule has 0 spiro atoms. The van der Waals surface area contributed by atoms with Crippen LogP contribution in [-0.2, 0) is 0 Å². The minimum atomic E-state index is -0.178. The van der Waals surface area contributed by atoms with Crippen molar-refractivity contribution in [2.24, 2.45) is 5.73 Å². The molecule has 0 heterocycles. The number of allylic oxidation sites excluding steroid dienone is 1. The van der Waals surface area contributed by atoms with E-state index in [-0.39, 0.29) is 18.2 Å². The van der Waals surface area contributed by atoms with E-state index in [0.29, 0.717) is 6.04 Å². The fraction of sp³-hybridized carbons (Fsp3) is 0.385. The summed E-state index contributed by atoms with van der Waals surface area (Å²) in [5, 5.41) is 0. The maximum absolute atomic E-state index is 12.7. The summed E-state index contributed by atoms with van der Waals surface area (Å²) in [6, 6.07) is 7.01. The van der Waals surface area contributed by atoms with Gasteiger partial charge in [0.05, 0.1) is 0 Å². The highest BCUT2D eigenvalue weighted by Gasteiger charge is 2.11. The van der Waals surface area contributed by atoms with Crippen LogP contribution in [0.1, 0.15) is 31.2 Å². The average molecular weight is 242 g/mol. The van der Waals surface area contributed by atoms with E-state index in [0.717, 1.165) is 31.2 Å². The van der Waals surface area contributed by atoms with Crippen LogP contribution in [0, 0.1) is 5.82 Å². The first-order valence-electron chi connectivity index (χ1n) is 5.44. The largest absolute Gasteiger partial charge is 0.328 e. The van der Waals surface area contributed by atoms with Gasteiger partial charge in [-0.25, -0.2) is 4.39 Å². The van der Waals surface area contributed by atoms with Crippen LogP contribution < -0.4 is 5.73 Å². The summed E-state index contributed by atoms with van der Waals surface area (Å²) in [6.45, 7) is 0. The molecule has 2 rings (SSSR count). The Morgan fingerprint density at radius 2 is 1.69 bits per heavy atom. The molecule has 1 aromatic rings. The van der Waals surface area contributed by atoms with E-state index in [2.05, 4.69) is 6.08 Å². The Kier molecular flexibility index (Phi) is 4.97. The molecule has 0 amide bonds. The average Bonchev–Trinajstić information content (AvgIpc) is 2.25. The Balaban J connectivity index is 0.00000128. The van der Waals surface area contributed by atoms with Gasteiger partial charge in [-0.15, -0.1) is 12.4 Å². The van der Waals surface area contributed by atoms with Crippen LogP contribution in [0.25, 0.3) is 6.08 Å². The minimum Gasteiger partial charge on any atom is -0.328 e. The number of benzene rings is 1. The lowest BCUT2D eigenvalue weighted by atomic mass is 9.90. The van der Waals surface area contributed by atoms with Crippen molar-refractivity contribution < 1.29 is 4.39 Å². The van der Waals surface area contributed by atoms with Gasteiger partial charge in [-0.2, -0.15) is 0 Å². The van der Waals surface area contributed by atoms with Crippen molar-refractivity contribution in [3.63, 3.8) is 0 Å². The van der Waals surface area contributed by atoms with E-state index in [1.165, 1.54) is 17.7 Å². The van der Waals surface area contributed by atoms with Crippen molar-refractivity contribution in [1.82, 2.24) is 0 Å². The molecule has 0 radical (unpaired) electrons. The van der Waals surface area contributed by atoms with Gasteiger partial charge in [-0.1, -0.05) is 23.8 Å². The van der Waals surface area contributed by atoms with Crippen molar-refractivity contribution in [1.29, 1.82) is 0 Å². The van der Waals surface area contributed by atoms with E-state index < -0.39 is 0 Å². The van der Waals surface area contributed by atoms with Gasteiger partial charge in [0.1, 0.15) is 5.82 Å². The van der Waals surface area contributed by atoms with Gasteiger partial charge in [0.2, 0.25) is 0 Å². The summed E-state index contributed by atoms with van der Waals surface area (Å²) in [4.78, 5) is 0. The highest BCUT2D eigenvalue weighted by molar-refractivity contribution is 5.85. The molecule has 3 heteroatoms. The lowest BCUT2D eigenvalue weighted by Gasteiger charge is -2.20. The van der Waals surface area contributed by atoms with Gasteiger partial charge >= 0.3 is 0 Å². The molecule has 0 unspecified atom stereocenters. The van der Waals surface area contributed by atoms with Crippen molar-refractivity contribution >= 4 is 18.5 Å². The topological polar surface area (TPSA) is 26.0 Å². The molecule has 1 nitrogen and oxygen atoms in total. The third-order valence-corrected chi connectivity index (χ3v) is 2.91. The molecule has 0 aromatic heterocycles. The second-order valence-electron chi connectivity index (χ2n) is 4.19. The normalized spacial score (nSPS) is 20.1. The van der Waals surface area contributed by atoms with Crippen LogP contribution in [0.4, 0.5) is 4.39 Å². The van der Waals surface area contributed by atoms with Gasteiger partial charge < -0.3 is 5.73 Å². The number of halogens is 2. The monoisotopic (exact) mass is 241 g/mol. The van der Waals surface area contributed by atoms with E-state index >= 15 is 0 Å². The Labute approximate surface area is 102 Å². The smallest absolute Gasteiger partial charge is 0.123 e. The molecule has 1 aromatic carbocycles. The highest BCUT2D eigenvalue weighted by Crippen LogP contribution is 2.24. The summed E-state index contributed by atoms with van der Waals surface area (Å²) >= 11 is 0. The predicted molar refractivity (Wildman–Crippen MR) is 68.1 cm³/mol. The number of hydrogen-bond acceptors (Lipinski definition) is 1. The van der Waals surface area contributed by atoms with Crippen LogP contribution in [0.2, 0.25) is 0 Å². The van der Waals surface area contributed by atoms with Crippen molar-refractivity contribution in [2.45, 2.75) is 31.7 Å². The number of rotatable bonds is 1. The van der Waals surface area contributed by atoms with E-state index in [4.69, 9.17) is 5.73 Å². The van der Waals surface area contributed by atoms with Gasteiger partial charge in [0, 0.05) is 6.04 Å². The first-order chi connectivity index (χ1) is 7.24. The zero-order valence-electron chi connectivity index (χ0n) is 9.16. The molecular formula is C13H17ClFN. The van der Waals surface area contributed by atoms with E-state index in [9.17, 15) is 4.39 Å². The van der Waals surface area contributed by atoms with Crippen molar-refractivity contribution in [2.75, 3.05) is 0 Å². The van der Waals surface area contributed by atoms with Gasteiger partial charge in [0.15, 0.2) is 0 Å². The second-order valence-corrected chi connectivity index (χ2v) is 4.19. The zero-order chi connectivity index (χ0) is 10.7. The quantitative estimate of drug-likeness (QED) is 0.800. The maximum atomic E-state index is 12.7. The summed E-state index contributed by atoms with van der Waals surface area (Å²) < 4.78 is 12.7. The fourth-order valence-electron chi connectivity index (χ4n) is 1.95. The molecule has 0 bridgehead atoms. The van der Waals surface area contributed by atoms with Crippen LogP contribution in [0.3, 0.4) is 0 Å².